The highest BCUT2D eigenvalue weighted by Crippen LogP contribution is 2.14. The maximum atomic E-state index is 12.2. The van der Waals surface area contributed by atoms with Crippen LogP contribution >= 0.6 is 0 Å². The zero-order valence-corrected chi connectivity index (χ0v) is 11.6. The Morgan fingerprint density at radius 2 is 2.06 bits per heavy atom. The lowest BCUT2D eigenvalue weighted by molar-refractivity contribution is 0.0792. The summed E-state index contributed by atoms with van der Waals surface area (Å²) in [5.74, 6) is 0.818. The van der Waals surface area contributed by atoms with E-state index in [0.717, 1.165) is 25.1 Å². The van der Waals surface area contributed by atoms with E-state index in [0.29, 0.717) is 12.2 Å². The van der Waals surface area contributed by atoms with E-state index >= 15 is 0 Å². The van der Waals surface area contributed by atoms with Gasteiger partial charge in [0.25, 0.3) is 5.91 Å². The highest BCUT2D eigenvalue weighted by Gasteiger charge is 2.11. The van der Waals surface area contributed by atoms with Crippen LogP contribution in [0.2, 0.25) is 0 Å². The lowest BCUT2D eigenvalue weighted by Gasteiger charge is -2.17. The van der Waals surface area contributed by atoms with Gasteiger partial charge in [0.1, 0.15) is 5.75 Å². The summed E-state index contributed by atoms with van der Waals surface area (Å²) in [5.41, 5.74) is 0.694. The first-order valence-corrected chi connectivity index (χ1v) is 6.67. The number of ether oxygens (including phenoxy) is 1. The maximum absolute atomic E-state index is 12.2. The highest BCUT2D eigenvalue weighted by atomic mass is 16.5. The summed E-state index contributed by atoms with van der Waals surface area (Å²) in [6.07, 6.45) is 3.39. The lowest BCUT2D eigenvalue weighted by atomic mass is 10.2. The molecule has 0 bridgehead atoms. The smallest absolute Gasteiger partial charge is 0.253 e. The summed E-state index contributed by atoms with van der Waals surface area (Å²) < 4.78 is 5.40. The Morgan fingerprint density at radius 1 is 1.28 bits per heavy atom. The van der Waals surface area contributed by atoms with Crippen molar-refractivity contribution in [3.63, 3.8) is 0 Å². The summed E-state index contributed by atoms with van der Waals surface area (Å²) >= 11 is 0. The van der Waals surface area contributed by atoms with Crippen LogP contribution in [0, 0.1) is 0 Å². The first-order chi connectivity index (χ1) is 8.69. The normalized spacial score (nSPS) is 10.2. The van der Waals surface area contributed by atoms with E-state index in [1.807, 2.05) is 38.2 Å². The zero-order valence-electron chi connectivity index (χ0n) is 11.6. The number of amides is 1. The molecule has 0 radical (unpaired) electrons. The fourth-order valence-corrected chi connectivity index (χ4v) is 1.81. The van der Waals surface area contributed by atoms with Crippen LogP contribution in [0.25, 0.3) is 0 Å². The molecule has 1 rings (SSSR count). The van der Waals surface area contributed by atoms with Crippen molar-refractivity contribution >= 4 is 5.91 Å². The molecule has 0 aliphatic rings. The fraction of sp³-hybridized carbons (Fsp3) is 0.533. The van der Waals surface area contributed by atoms with E-state index in [4.69, 9.17) is 4.74 Å². The molecule has 100 valence electrons. The monoisotopic (exact) mass is 249 g/mol. The van der Waals surface area contributed by atoms with Crippen LogP contribution in [-0.4, -0.2) is 31.0 Å². The first kappa shape index (κ1) is 14.6. The van der Waals surface area contributed by atoms with Crippen molar-refractivity contribution in [3.05, 3.63) is 29.8 Å². The number of carbonyl (C=O) groups excluding carboxylic acids is 1. The van der Waals surface area contributed by atoms with Crippen LogP contribution in [0.5, 0.6) is 5.75 Å². The van der Waals surface area contributed by atoms with Crippen molar-refractivity contribution in [2.24, 2.45) is 0 Å². The predicted molar refractivity (Wildman–Crippen MR) is 74.1 cm³/mol. The second-order valence-corrected chi connectivity index (χ2v) is 4.39. The van der Waals surface area contributed by atoms with Gasteiger partial charge in [-0.1, -0.05) is 25.8 Å². The third kappa shape index (κ3) is 4.40. The average molecular weight is 249 g/mol. The van der Waals surface area contributed by atoms with Crippen molar-refractivity contribution in [3.8, 4) is 5.75 Å². The lowest BCUT2D eigenvalue weighted by Crippen LogP contribution is -2.27. The predicted octanol–water partition coefficient (Wildman–Crippen LogP) is 3.35. The molecule has 3 nitrogen and oxygen atoms in total. The van der Waals surface area contributed by atoms with E-state index in [2.05, 4.69) is 6.92 Å². The van der Waals surface area contributed by atoms with Gasteiger partial charge in [0, 0.05) is 19.2 Å². The summed E-state index contributed by atoms with van der Waals surface area (Å²) in [7, 11) is 1.85. The number of rotatable bonds is 7. The molecule has 0 N–H and O–H groups in total. The third-order valence-corrected chi connectivity index (χ3v) is 2.84. The SMILES string of the molecule is CCCCCN(C)C(=O)c1cccc(OCC)c1. The molecule has 0 aliphatic carbocycles. The molecule has 0 atom stereocenters. The molecule has 1 aromatic rings. The van der Waals surface area contributed by atoms with E-state index in [1.54, 1.807) is 4.90 Å². The number of unbranched alkanes of at least 4 members (excludes halogenated alkanes) is 2. The van der Waals surface area contributed by atoms with Crippen LogP contribution < -0.4 is 4.74 Å². The topological polar surface area (TPSA) is 29.5 Å². The van der Waals surface area contributed by atoms with Gasteiger partial charge in [0.05, 0.1) is 6.61 Å². The minimum Gasteiger partial charge on any atom is -0.494 e. The number of hydrogen-bond acceptors (Lipinski definition) is 2. The van der Waals surface area contributed by atoms with Gasteiger partial charge in [-0.2, -0.15) is 0 Å². The van der Waals surface area contributed by atoms with Crippen LogP contribution in [-0.2, 0) is 0 Å². The van der Waals surface area contributed by atoms with Crippen molar-refractivity contribution in [1.29, 1.82) is 0 Å². The van der Waals surface area contributed by atoms with Crippen molar-refractivity contribution < 1.29 is 9.53 Å². The number of carbonyl (C=O) groups is 1. The van der Waals surface area contributed by atoms with Gasteiger partial charge in [0.2, 0.25) is 0 Å². The third-order valence-electron chi connectivity index (χ3n) is 2.84. The summed E-state index contributed by atoms with van der Waals surface area (Å²) in [5, 5.41) is 0. The van der Waals surface area contributed by atoms with E-state index in [-0.39, 0.29) is 5.91 Å². The van der Waals surface area contributed by atoms with Gasteiger partial charge in [-0.25, -0.2) is 0 Å². The molecular formula is C15H23NO2. The maximum Gasteiger partial charge on any atom is 0.253 e. The van der Waals surface area contributed by atoms with Crippen molar-refractivity contribution in [2.45, 2.75) is 33.1 Å². The standard InChI is InChI=1S/C15H23NO2/c1-4-6-7-11-16(3)15(17)13-9-8-10-14(12-13)18-5-2/h8-10,12H,4-7,11H2,1-3H3. The molecular weight excluding hydrogens is 226 g/mol. The number of benzene rings is 1. The van der Waals surface area contributed by atoms with E-state index in [9.17, 15) is 4.79 Å². The highest BCUT2D eigenvalue weighted by molar-refractivity contribution is 5.94. The second kappa shape index (κ2) is 7.75. The van der Waals surface area contributed by atoms with Gasteiger partial charge in [-0.05, 0) is 31.5 Å². The largest absolute Gasteiger partial charge is 0.494 e. The van der Waals surface area contributed by atoms with Crippen LogP contribution in [0.1, 0.15) is 43.5 Å². The molecule has 0 aliphatic heterocycles. The van der Waals surface area contributed by atoms with Gasteiger partial charge in [-0.15, -0.1) is 0 Å². The Labute approximate surface area is 110 Å². The van der Waals surface area contributed by atoms with Crippen molar-refractivity contribution in [2.75, 3.05) is 20.2 Å². The molecule has 3 heteroatoms. The number of nitrogens with zero attached hydrogens (tertiary/aromatic N) is 1. The van der Waals surface area contributed by atoms with Crippen molar-refractivity contribution in [1.82, 2.24) is 4.90 Å². The number of hydrogen-bond donors (Lipinski definition) is 0. The Balaban J connectivity index is 2.62. The van der Waals surface area contributed by atoms with Gasteiger partial charge >= 0.3 is 0 Å². The van der Waals surface area contributed by atoms with E-state index < -0.39 is 0 Å². The summed E-state index contributed by atoms with van der Waals surface area (Å²) in [4.78, 5) is 13.9. The van der Waals surface area contributed by atoms with Gasteiger partial charge < -0.3 is 9.64 Å². The molecule has 1 aromatic carbocycles. The fourth-order valence-electron chi connectivity index (χ4n) is 1.81. The Hall–Kier alpha value is -1.51. The molecule has 0 aromatic heterocycles. The summed E-state index contributed by atoms with van der Waals surface area (Å²) in [6, 6.07) is 7.37. The molecule has 0 heterocycles. The van der Waals surface area contributed by atoms with Crippen LogP contribution in [0.15, 0.2) is 24.3 Å². The van der Waals surface area contributed by atoms with Crippen LogP contribution in [0.4, 0.5) is 0 Å². The Bertz CT molecular complexity index is 377. The minimum absolute atomic E-state index is 0.0626. The molecule has 1 amide bonds. The quantitative estimate of drug-likeness (QED) is 0.694. The Morgan fingerprint density at radius 3 is 2.72 bits per heavy atom. The summed E-state index contributed by atoms with van der Waals surface area (Å²) in [6.45, 7) is 5.52. The molecule has 0 saturated carbocycles. The van der Waals surface area contributed by atoms with E-state index in [1.165, 1.54) is 6.42 Å². The molecule has 0 fully saturated rings. The molecule has 18 heavy (non-hydrogen) atoms. The average Bonchev–Trinajstić information content (AvgIpc) is 2.39. The molecule has 0 saturated heterocycles. The first-order valence-electron chi connectivity index (χ1n) is 6.67. The molecule has 0 spiro atoms. The van der Waals surface area contributed by atoms with Gasteiger partial charge in [-0.3, -0.25) is 4.79 Å². The van der Waals surface area contributed by atoms with Gasteiger partial charge in [0.15, 0.2) is 0 Å². The Kier molecular flexibility index (Phi) is 6.26. The van der Waals surface area contributed by atoms with Crippen LogP contribution in [0.3, 0.4) is 0 Å². The molecule has 0 unspecified atom stereocenters. The zero-order chi connectivity index (χ0) is 13.4. The second-order valence-electron chi connectivity index (χ2n) is 4.39. The minimum atomic E-state index is 0.0626.